The summed E-state index contributed by atoms with van der Waals surface area (Å²) in [5.41, 5.74) is 0.406. The molecule has 3 aromatic rings. The van der Waals surface area contributed by atoms with Crippen LogP contribution in [0.5, 0.6) is 5.75 Å². The number of carbonyl (C=O) groups excluding carboxylic acids is 2. The van der Waals surface area contributed by atoms with E-state index < -0.39 is 29.3 Å². The van der Waals surface area contributed by atoms with Gasteiger partial charge in [-0.3, -0.25) is 19.5 Å². The first-order chi connectivity index (χ1) is 14.9. The predicted octanol–water partition coefficient (Wildman–Crippen LogP) is 4.09. The maximum absolute atomic E-state index is 14.5. The van der Waals surface area contributed by atoms with Crippen LogP contribution in [-0.4, -0.2) is 32.9 Å². The third-order valence-electron chi connectivity index (χ3n) is 4.64. The van der Waals surface area contributed by atoms with E-state index in [1.807, 2.05) is 0 Å². The zero-order valence-corrected chi connectivity index (χ0v) is 17.5. The van der Waals surface area contributed by atoms with Crippen molar-refractivity contribution in [1.29, 1.82) is 0 Å². The summed E-state index contributed by atoms with van der Waals surface area (Å²) in [6, 6.07) is 6.29. The van der Waals surface area contributed by atoms with Crippen molar-refractivity contribution in [2.75, 3.05) is 4.90 Å². The van der Waals surface area contributed by atoms with Gasteiger partial charge < -0.3 is 9.84 Å². The lowest BCUT2D eigenvalue weighted by Gasteiger charge is -2.22. The number of aromatic nitrogens is 2. The quantitative estimate of drug-likeness (QED) is 0.366. The molecule has 0 saturated carbocycles. The molecule has 2 aromatic heterocycles. The number of aliphatic hydroxyl groups is 1. The summed E-state index contributed by atoms with van der Waals surface area (Å²) in [5, 5.41) is 13.0. The normalized spacial score (nSPS) is 18.1. The van der Waals surface area contributed by atoms with E-state index in [0.29, 0.717) is 10.7 Å². The number of hydrogen-bond donors (Lipinski definition) is 1. The van der Waals surface area contributed by atoms with Gasteiger partial charge in [0.1, 0.15) is 5.76 Å². The van der Waals surface area contributed by atoms with Crippen LogP contribution in [0.4, 0.5) is 9.52 Å². The van der Waals surface area contributed by atoms with Gasteiger partial charge in [-0.1, -0.05) is 6.07 Å². The molecule has 1 aliphatic heterocycles. The minimum Gasteiger partial charge on any atom is -0.507 e. The molecule has 1 aromatic carbocycles. The molecule has 1 unspecified atom stereocenters. The summed E-state index contributed by atoms with van der Waals surface area (Å²) in [4.78, 5) is 35.2. The molecule has 7 nitrogen and oxygen atoms in total. The second-order valence-electron chi connectivity index (χ2n) is 7.08. The Kier molecular flexibility index (Phi) is 5.51. The number of thiazole rings is 1. The Bertz CT molecular complexity index is 1160. The number of anilines is 1. The summed E-state index contributed by atoms with van der Waals surface area (Å²) in [5.74, 6) is -2.86. The number of nitrogens with zero attached hydrogens (tertiary/aromatic N) is 3. The Morgan fingerprint density at radius 2 is 2.06 bits per heavy atom. The van der Waals surface area contributed by atoms with Crippen LogP contribution in [0.1, 0.15) is 31.0 Å². The van der Waals surface area contributed by atoms with Gasteiger partial charge in [0.25, 0.3) is 5.78 Å². The van der Waals surface area contributed by atoms with Gasteiger partial charge in [0.05, 0.1) is 17.7 Å². The molecular weight excluding hydrogens is 421 g/mol. The molecule has 0 radical (unpaired) electrons. The lowest BCUT2D eigenvalue weighted by Crippen LogP contribution is -2.29. The second kappa shape index (κ2) is 8.27. The van der Waals surface area contributed by atoms with Gasteiger partial charge in [-0.05, 0) is 43.7 Å². The molecule has 1 N–H and O–H groups in total. The number of rotatable bonds is 5. The van der Waals surface area contributed by atoms with E-state index in [4.69, 9.17) is 4.74 Å². The molecule has 3 heterocycles. The van der Waals surface area contributed by atoms with Gasteiger partial charge in [0.15, 0.2) is 16.7 Å². The first-order valence-electron chi connectivity index (χ1n) is 9.45. The fourth-order valence-electron chi connectivity index (χ4n) is 3.37. The lowest BCUT2D eigenvalue weighted by molar-refractivity contribution is -0.132. The number of ether oxygens (including phenoxy) is 1. The number of carbonyl (C=O) groups is 2. The smallest absolute Gasteiger partial charge is 0.301 e. The van der Waals surface area contributed by atoms with Crippen LogP contribution >= 0.6 is 11.3 Å². The van der Waals surface area contributed by atoms with Crippen LogP contribution in [0.15, 0.2) is 59.9 Å². The standard InChI is InChI=1S/C22H18FN3O4S/c1-12(2)30-16-6-5-13(10-15(16)23)19(27)17-18(14-4-3-7-24-11-14)26(21(29)20(17)28)22-25-8-9-31-22/h3-12,18,27H,1-2H3. The van der Waals surface area contributed by atoms with E-state index in [9.17, 15) is 19.1 Å². The Balaban J connectivity index is 1.86. The van der Waals surface area contributed by atoms with Crippen molar-refractivity contribution in [3.63, 3.8) is 0 Å². The van der Waals surface area contributed by atoms with E-state index in [2.05, 4.69) is 9.97 Å². The minimum absolute atomic E-state index is 0.0265. The van der Waals surface area contributed by atoms with Crippen LogP contribution < -0.4 is 9.64 Å². The average molecular weight is 439 g/mol. The molecule has 1 atom stereocenters. The molecule has 1 fully saturated rings. The first-order valence-corrected chi connectivity index (χ1v) is 10.3. The highest BCUT2D eigenvalue weighted by Crippen LogP contribution is 2.42. The van der Waals surface area contributed by atoms with Crippen molar-refractivity contribution in [3.05, 3.63) is 76.8 Å². The second-order valence-corrected chi connectivity index (χ2v) is 7.95. The van der Waals surface area contributed by atoms with Gasteiger partial charge >= 0.3 is 5.91 Å². The summed E-state index contributed by atoms with van der Waals surface area (Å²) < 4.78 is 19.9. The first kappa shape index (κ1) is 20.7. The van der Waals surface area contributed by atoms with Crippen LogP contribution in [0.3, 0.4) is 0 Å². The maximum Gasteiger partial charge on any atom is 0.301 e. The van der Waals surface area contributed by atoms with Crippen LogP contribution in [0.2, 0.25) is 0 Å². The van der Waals surface area contributed by atoms with E-state index >= 15 is 0 Å². The molecule has 1 saturated heterocycles. The molecule has 4 rings (SSSR count). The van der Waals surface area contributed by atoms with Crippen molar-refractivity contribution < 1.29 is 23.8 Å². The van der Waals surface area contributed by atoms with Crippen molar-refractivity contribution in [2.45, 2.75) is 26.0 Å². The highest BCUT2D eigenvalue weighted by Gasteiger charge is 2.48. The fourth-order valence-corrected chi connectivity index (χ4v) is 4.04. The summed E-state index contributed by atoms with van der Waals surface area (Å²) in [6.07, 6.45) is 4.35. The fraction of sp³-hybridized carbons (Fsp3) is 0.182. The Morgan fingerprint density at radius 3 is 2.68 bits per heavy atom. The Labute approximate surface area is 181 Å². The number of amides is 1. The van der Waals surface area contributed by atoms with E-state index in [1.165, 1.54) is 40.8 Å². The summed E-state index contributed by atoms with van der Waals surface area (Å²) in [6.45, 7) is 3.53. The number of hydrogen-bond acceptors (Lipinski definition) is 7. The molecule has 1 amide bonds. The molecule has 31 heavy (non-hydrogen) atoms. The zero-order valence-electron chi connectivity index (χ0n) is 16.7. The number of pyridine rings is 1. The van der Waals surface area contributed by atoms with Gasteiger partial charge in [-0.2, -0.15) is 0 Å². The third kappa shape index (κ3) is 3.79. The van der Waals surface area contributed by atoms with Crippen molar-refractivity contribution >= 4 is 33.9 Å². The predicted molar refractivity (Wildman–Crippen MR) is 113 cm³/mol. The average Bonchev–Trinajstić information content (AvgIpc) is 3.36. The Morgan fingerprint density at radius 1 is 1.26 bits per heavy atom. The van der Waals surface area contributed by atoms with Gasteiger partial charge in [-0.15, -0.1) is 11.3 Å². The monoisotopic (exact) mass is 439 g/mol. The van der Waals surface area contributed by atoms with Crippen molar-refractivity contribution in [2.24, 2.45) is 0 Å². The number of benzene rings is 1. The highest BCUT2D eigenvalue weighted by molar-refractivity contribution is 7.14. The van der Waals surface area contributed by atoms with Crippen LogP contribution in [0, 0.1) is 5.82 Å². The third-order valence-corrected chi connectivity index (χ3v) is 5.41. The van der Waals surface area contributed by atoms with E-state index in [1.54, 1.807) is 37.6 Å². The van der Waals surface area contributed by atoms with Gasteiger partial charge in [-0.25, -0.2) is 9.37 Å². The summed E-state index contributed by atoms with van der Waals surface area (Å²) in [7, 11) is 0. The van der Waals surface area contributed by atoms with Crippen molar-refractivity contribution in [1.82, 2.24) is 9.97 Å². The Hall–Kier alpha value is -3.59. The number of halogens is 1. The molecule has 9 heteroatoms. The maximum atomic E-state index is 14.5. The molecular formula is C22H18FN3O4S. The molecule has 1 aliphatic rings. The largest absolute Gasteiger partial charge is 0.507 e. The molecule has 0 spiro atoms. The number of Topliss-reactive ketones (excluding diaryl/α,β-unsaturated/α-hetero) is 1. The molecule has 158 valence electrons. The minimum atomic E-state index is -0.950. The number of ketones is 1. The SMILES string of the molecule is CC(C)Oc1ccc(C(O)=C2C(=O)C(=O)N(c3nccs3)C2c2cccnc2)cc1F. The van der Waals surface area contributed by atoms with Crippen LogP contribution in [0.25, 0.3) is 5.76 Å². The number of aliphatic hydroxyl groups excluding tert-OH is 1. The molecule has 0 bridgehead atoms. The van der Waals surface area contributed by atoms with E-state index in [0.717, 1.165) is 6.07 Å². The van der Waals surface area contributed by atoms with Crippen LogP contribution in [-0.2, 0) is 9.59 Å². The zero-order chi connectivity index (χ0) is 22.1. The van der Waals surface area contributed by atoms with E-state index in [-0.39, 0.29) is 23.0 Å². The van der Waals surface area contributed by atoms with Gasteiger partial charge in [0, 0.05) is 29.5 Å². The summed E-state index contributed by atoms with van der Waals surface area (Å²) >= 11 is 1.18. The topological polar surface area (TPSA) is 92.6 Å². The highest BCUT2D eigenvalue weighted by atomic mass is 32.1. The van der Waals surface area contributed by atoms with Crippen molar-refractivity contribution in [3.8, 4) is 5.75 Å². The van der Waals surface area contributed by atoms with Gasteiger partial charge in [0.2, 0.25) is 0 Å². The lowest BCUT2D eigenvalue weighted by atomic mass is 9.96. The molecule has 0 aliphatic carbocycles.